The van der Waals surface area contributed by atoms with Crippen molar-refractivity contribution >= 4 is 11.9 Å². The molecule has 7 nitrogen and oxygen atoms in total. The van der Waals surface area contributed by atoms with E-state index in [1.165, 1.54) is 14.2 Å². The molecule has 3 rings (SSSR count). The fourth-order valence-corrected chi connectivity index (χ4v) is 3.04. The molecule has 0 unspecified atom stereocenters. The molecule has 1 aromatic carbocycles. The van der Waals surface area contributed by atoms with Gasteiger partial charge < -0.3 is 9.47 Å². The van der Waals surface area contributed by atoms with E-state index in [0.29, 0.717) is 19.6 Å². The molecule has 0 aliphatic carbocycles. The molecule has 0 aliphatic rings. The van der Waals surface area contributed by atoms with Gasteiger partial charge in [0.1, 0.15) is 11.4 Å². The van der Waals surface area contributed by atoms with E-state index in [1.54, 1.807) is 24.3 Å². The van der Waals surface area contributed by atoms with Crippen LogP contribution in [0.5, 0.6) is 0 Å². The smallest absolute Gasteiger partial charge is 0.356 e. The Bertz CT molecular complexity index is 947. The van der Waals surface area contributed by atoms with Crippen LogP contribution in [0.15, 0.2) is 66.7 Å². The summed E-state index contributed by atoms with van der Waals surface area (Å²) < 4.78 is 9.53. The van der Waals surface area contributed by atoms with Crippen molar-refractivity contribution < 1.29 is 19.1 Å². The number of pyridine rings is 2. The van der Waals surface area contributed by atoms with E-state index < -0.39 is 11.9 Å². The van der Waals surface area contributed by atoms with Gasteiger partial charge in [0, 0.05) is 19.6 Å². The van der Waals surface area contributed by atoms with Crippen molar-refractivity contribution in [3.05, 3.63) is 95.1 Å². The second kappa shape index (κ2) is 10.3. The highest BCUT2D eigenvalue weighted by Crippen LogP contribution is 2.14. The SMILES string of the molecule is COC(=O)c1cccc(CN(Cc2ccccc2)Cc2cccc(C(=O)OC)n2)n1. The molecule has 7 heteroatoms. The van der Waals surface area contributed by atoms with Crippen LogP contribution in [-0.4, -0.2) is 41.0 Å². The van der Waals surface area contributed by atoms with Crippen LogP contribution in [0, 0.1) is 0 Å². The Hall–Kier alpha value is -3.58. The predicted molar refractivity (Wildman–Crippen MR) is 111 cm³/mol. The minimum Gasteiger partial charge on any atom is -0.464 e. The van der Waals surface area contributed by atoms with Crippen LogP contribution in [0.1, 0.15) is 37.9 Å². The van der Waals surface area contributed by atoms with Crippen molar-refractivity contribution in [1.82, 2.24) is 14.9 Å². The van der Waals surface area contributed by atoms with Crippen molar-refractivity contribution in [1.29, 1.82) is 0 Å². The molecular formula is C23H23N3O4. The zero-order valence-electron chi connectivity index (χ0n) is 16.9. The van der Waals surface area contributed by atoms with Gasteiger partial charge in [0.15, 0.2) is 0 Å². The number of nitrogens with zero attached hydrogens (tertiary/aromatic N) is 3. The van der Waals surface area contributed by atoms with E-state index in [0.717, 1.165) is 17.0 Å². The summed E-state index contributed by atoms with van der Waals surface area (Å²) in [5, 5.41) is 0. The van der Waals surface area contributed by atoms with E-state index in [1.807, 2.05) is 42.5 Å². The van der Waals surface area contributed by atoms with Gasteiger partial charge in [-0.3, -0.25) is 4.90 Å². The lowest BCUT2D eigenvalue weighted by Crippen LogP contribution is -2.24. The summed E-state index contributed by atoms with van der Waals surface area (Å²) in [4.78, 5) is 34.6. The summed E-state index contributed by atoms with van der Waals surface area (Å²) in [6, 6.07) is 20.6. The fourth-order valence-electron chi connectivity index (χ4n) is 3.04. The maximum atomic E-state index is 11.8. The van der Waals surface area contributed by atoms with Gasteiger partial charge in [-0.05, 0) is 29.8 Å². The zero-order chi connectivity index (χ0) is 21.3. The van der Waals surface area contributed by atoms with Crippen molar-refractivity contribution in [2.45, 2.75) is 19.6 Å². The van der Waals surface area contributed by atoms with Crippen LogP contribution < -0.4 is 0 Å². The van der Waals surface area contributed by atoms with Crippen LogP contribution in [0.3, 0.4) is 0 Å². The maximum absolute atomic E-state index is 11.8. The average molecular weight is 405 g/mol. The molecule has 0 atom stereocenters. The molecule has 2 aromatic heterocycles. The Labute approximate surface area is 175 Å². The number of esters is 2. The highest BCUT2D eigenvalue weighted by Gasteiger charge is 2.14. The summed E-state index contributed by atoms with van der Waals surface area (Å²) >= 11 is 0. The molecule has 0 spiro atoms. The molecule has 2 heterocycles. The van der Waals surface area contributed by atoms with E-state index in [-0.39, 0.29) is 11.4 Å². The monoisotopic (exact) mass is 405 g/mol. The van der Waals surface area contributed by atoms with E-state index in [4.69, 9.17) is 9.47 Å². The largest absolute Gasteiger partial charge is 0.464 e. The number of carbonyl (C=O) groups is 2. The maximum Gasteiger partial charge on any atom is 0.356 e. The fraction of sp³-hybridized carbons (Fsp3) is 0.217. The Morgan fingerprint density at radius 3 is 1.67 bits per heavy atom. The number of hydrogen-bond donors (Lipinski definition) is 0. The third-order valence-corrected chi connectivity index (χ3v) is 4.42. The first kappa shape index (κ1) is 21.1. The van der Waals surface area contributed by atoms with Crippen LogP contribution in [0.2, 0.25) is 0 Å². The first-order valence-electron chi connectivity index (χ1n) is 9.44. The number of benzene rings is 1. The van der Waals surface area contributed by atoms with E-state index in [9.17, 15) is 9.59 Å². The van der Waals surface area contributed by atoms with Crippen LogP contribution >= 0.6 is 0 Å². The quantitative estimate of drug-likeness (QED) is 0.532. The summed E-state index contributed by atoms with van der Waals surface area (Å²) in [5.74, 6) is -0.946. The lowest BCUT2D eigenvalue weighted by Gasteiger charge is -2.22. The minimum atomic E-state index is -0.473. The standard InChI is InChI=1S/C23H23N3O4/c1-29-22(27)20-12-6-10-18(24-20)15-26(14-17-8-4-3-5-9-17)16-19-11-7-13-21(25-19)23(28)30-2/h3-13H,14-16H2,1-2H3. The molecule has 0 radical (unpaired) electrons. The molecule has 0 saturated carbocycles. The van der Waals surface area contributed by atoms with Gasteiger partial charge in [-0.1, -0.05) is 42.5 Å². The summed E-state index contributed by atoms with van der Waals surface area (Å²) in [5.41, 5.74) is 3.13. The van der Waals surface area contributed by atoms with E-state index >= 15 is 0 Å². The molecule has 0 fully saturated rings. The molecule has 0 amide bonds. The van der Waals surface area contributed by atoms with Crippen molar-refractivity contribution in [3.63, 3.8) is 0 Å². The van der Waals surface area contributed by atoms with Gasteiger partial charge in [-0.25, -0.2) is 19.6 Å². The van der Waals surface area contributed by atoms with Gasteiger partial charge >= 0.3 is 11.9 Å². The van der Waals surface area contributed by atoms with Gasteiger partial charge in [0.05, 0.1) is 25.6 Å². The zero-order valence-corrected chi connectivity index (χ0v) is 16.9. The Morgan fingerprint density at radius 2 is 1.20 bits per heavy atom. The van der Waals surface area contributed by atoms with Gasteiger partial charge in [-0.15, -0.1) is 0 Å². The molecule has 0 bridgehead atoms. The number of carbonyl (C=O) groups excluding carboxylic acids is 2. The van der Waals surface area contributed by atoms with Crippen LogP contribution in [0.4, 0.5) is 0 Å². The third kappa shape index (κ3) is 5.71. The van der Waals surface area contributed by atoms with Crippen LogP contribution in [-0.2, 0) is 29.1 Å². The van der Waals surface area contributed by atoms with Gasteiger partial charge in [0.25, 0.3) is 0 Å². The molecule has 0 saturated heterocycles. The number of rotatable bonds is 8. The van der Waals surface area contributed by atoms with Gasteiger partial charge in [-0.2, -0.15) is 0 Å². The molecule has 3 aromatic rings. The average Bonchev–Trinajstić information content (AvgIpc) is 2.79. The van der Waals surface area contributed by atoms with Crippen molar-refractivity contribution in [2.24, 2.45) is 0 Å². The first-order valence-corrected chi connectivity index (χ1v) is 9.44. The number of methoxy groups -OCH3 is 2. The second-order valence-electron chi connectivity index (χ2n) is 6.64. The highest BCUT2D eigenvalue weighted by molar-refractivity contribution is 5.87. The summed E-state index contributed by atoms with van der Waals surface area (Å²) in [7, 11) is 2.66. The number of ether oxygens (including phenoxy) is 2. The van der Waals surface area contributed by atoms with Crippen molar-refractivity contribution in [2.75, 3.05) is 14.2 Å². The Kier molecular flexibility index (Phi) is 7.24. The normalized spacial score (nSPS) is 10.6. The summed E-state index contributed by atoms with van der Waals surface area (Å²) in [6.07, 6.45) is 0. The Morgan fingerprint density at radius 1 is 0.700 bits per heavy atom. The second-order valence-corrected chi connectivity index (χ2v) is 6.64. The third-order valence-electron chi connectivity index (χ3n) is 4.42. The summed E-state index contributed by atoms with van der Waals surface area (Å²) in [6.45, 7) is 1.63. The lowest BCUT2D eigenvalue weighted by atomic mass is 10.2. The van der Waals surface area contributed by atoms with Crippen LogP contribution in [0.25, 0.3) is 0 Å². The Balaban J connectivity index is 1.84. The van der Waals surface area contributed by atoms with E-state index in [2.05, 4.69) is 14.9 Å². The topological polar surface area (TPSA) is 81.6 Å². The molecule has 0 N–H and O–H groups in total. The molecular weight excluding hydrogens is 382 g/mol. The van der Waals surface area contributed by atoms with Crippen molar-refractivity contribution in [3.8, 4) is 0 Å². The minimum absolute atomic E-state index is 0.264. The number of hydrogen-bond acceptors (Lipinski definition) is 7. The van der Waals surface area contributed by atoms with Gasteiger partial charge in [0.2, 0.25) is 0 Å². The number of aromatic nitrogens is 2. The molecule has 0 aliphatic heterocycles. The molecule has 30 heavy (non-hydrogen) atoms. The highest BCUT2D eigenvalue weighted by atomic mass is 16.5. The lowest BCUT2D eigenvalue weighted by molar-refractivity contribution is 0.0585. The molecule has 154 valence electrons. The predicted octanol–water partition coefficient (Wildman–Crippen LogP) is 3.25. The first-order chi connectivity index (χ1) is 14.6.